The summed E-state index contributed by atoms with van der Waals surface area (Å²) in [6.45, 7) is 6.98. The minimum Gasteiger partial charge on any atom is -0.351 e. The molecule has 1 N–H and O–H groups in total. The molecule has 1 aromatic rings. The molecule has 1 saturated heterocycles. The largest absolute Gasteiger partial charge is 0.351 e. The Morgan fingerprint density at radius 1 is 1.47 bits per heavy atom. The van der Waals surface area contributed by atoms with Crippen LogP contribution in [0.3, 0.4) is 0 Å². The normalized spacial score (nSPS) is 20.2. The molecule has 2 rings (SSSR count). The highest BCUT2D eigenvalue weighted by atomic mass is 16.1. The number of nitrogens with zero attached hydrogens (tertiary/aromatic N) is 2. The highest BCUT2D eigenvalue weighted by Crippen LogP contribution is 2.15. The van der Waals surface area contributed by atoms with Gasteiger partial charge in [-0.2, -0.15) is 0 Å². The number of likely N-dealkylation sites (tertiary alicyclic amines) is 1. The number of nitrogens with one attached hydrogen (secondary N) is 1. The van der Waals surface area contributed by atoms with Crippen molar-refractivity contribution >= 4 is 5.91 Å². The third-order valence-electron chi connectivity index (χ3n) is 3.80. The fourth-order valence-corrected chi connectivity index (χ4v) is 2.51. The summed E-state index contributed by atoms with van der Waals surface area (Å²) >= 11 is 0. The lowest BCUT2D eigenvalue weighted by Crippen LogP contribution is -2.42. The fourth-order valence-electron chi connectivity index (χ4n) is 2.51. The topological polar surface area (TPSA) is 45.2 Å². The van der Waals surface area contributed by atoms with Crippen LogP contribution in [0.2, 0.25) is 0 Å². The second kappa shape index (κ2) is 6.66. The van der Waals surface area contributed by atoms with E-state index in [0.29, 0.717) is 18.2 Å². The molecule has 0 aliphatic carbocycles. The predicted octanol–water partition coefficient (Wildman–Crippen LogP) is 1.99. The Kier molecular flexibility index (Phi) is 4.91. The van der Waals surface area contributed by atoms with E-state index in [1.165, 1.54) is 19.3 Å². The van der Waals surface area contributed by atoms with Crippen LogP contribution in [0.1, 0.15) is 42.2 Å². The summed E-state index contributed by atoms with van der Waals surface area (Å²) in [6.07, 6.45) is 5.52. The summed E-state index contributed by atoms with van der Waals surface area (Å²) in [7, 11) is 0. The Morgan fingerprint density at radius 3 is 3.00 bits per heavy atom. The molecule has 0 spiro atoms. The van der Waals surface area contributed by atoms with Gasteiger partial charge in [0.15, 0.2) is 0 Å². The highest BCUT2D eigenvalue weighted by molar-refractivity contribution is 5.93. The molecule has 1 aromatic heterocycles. The van der Waals surface area contributed by atoms with E-state index in [4.69, 9.17) is 0 Å². The summed E-state index contributed by atoms with van der Waals surface area (Å²) in [6, 6.07) is 4.33. The third kappa shape index (κ3) is 4.03. The molecule has 0 bridgehead atoms. The van der Waals surface area contributed by atoms with Crippen molar-refractivity contribution in [1.82, 2.24) is 15.2 Å². The van der Waals surface area contributed by atoms with E-state index in [1.807, 2.05) is 19.1 Å². The SMILES string of the molecule is Cc1ccc(C(=O)NCCN2CCCC[C@H]2C)cn1. The first-order chi connectivity index (χ1) is 9.16. The van der Waals surface area contributed by atoms with Gasteiger partial charge in [-0.15, -0.1) is 0 Å². The fraction of sp³-hybridized carbons (Fsp3) is 0.600. The van der Waals surface area contributed by atoms with Gasteiger partial charge in [0.25, 0.3) is 5.91 Å². The lowest BCUT2D eigenvalue weighted by Gasteiger charge is -2.33. The number of hydrogen-bond donors (Lipinski definition) is 1. The van der Waals surface area contributed by atoms with Gasteiger partial charge in [-0.25, -0.2) is 0 Å². The van der Waals surface area contributed by atoms with Crippen molar-refractivity contribution in [2.45, 2.75) is 39.2 Å². The Bertz CT molecular complexity index is 416. The molecule has 1 amide bonds. The zero-order chi connectivity index (χ0) is 13.7. The summed E-state index contributed by atoms with van der Waals surface area (Å²) in [5.41, 5.74) is 1.57. The predicted molar refractivity (Wildman–Crippen MR) is 76.2 cm³/mol. The molecule has 2 heterocycles. The Balaban J connectivity index is 1.76. The lowest BCUT2D eigenvalue weighted by atomic mass is 10.0. The monoisotopic (exact) mass is 261 g/mol. The summed E-state index contributed by atoms with van der Waals surface area (Å²) in [4.78, 5) is 18.5. The zero-order valence-corrected chi connectivity index (χ0v) is 11.9. The molecule has 4 nitrogen and oxygen atoms in total. The van der Waals surface area contributed by atoms with Gasteiger partial charge in [-0.05, 0) is 45.4 Å². The lowest BCUT2D eigenvalue weighted by molar-refractivity contribution is 0.0938. The Labute approximate surface area is 115 Å². The number of rotatable bonds is 4. The average Bonchev–Trinajstić information content (AvgIpc) is 2.41. The minimum atomic E-state index is -0.0304. The van der Waals surface area contributed by atoms with E-state index in [9.17, 15) is 4.79 Å². The van der Waals surface area contributed by atoms with Crippen molar-refractivity contribution in [2.75, 3.05) is 19.6 Å². The van der Waals surface area contributed by atoms with E-state index < -0.39 is 0 Å². The van der Waals surface area contributed by atoms with Crippen LogP contribution in [0.15, 0.2) is 18.3 Å². The molecule has 104 valence electrons. The van der Waals surface area contributed by atoms with Gasteiger partial charge >= 0.3 is 0 Å². The molecular formula is C15H23N3O. The van der Waals surface area contributed by atoms with E-state index in [-0.39, 0.29) is 5.91 Å². The van der Waals surface area contributed by atoms with Gasteiger partial charge in [0, 0.05) is 31.0 Å². The molecule has 0 unspecified atom stereocenters. The van der Waals surface area contributed by atoms with Crippen LogP contribution >= 0.6 is 0 Å². The molecule has 0 saturated carbocycles. The molecule has 1 atom stereocenters. The maximum absolute atomic E-state index is 11.9. The maximum Gasteiger partial charge on any atom is 0.252 e. The molecule has 1 aliphatic heterocycles. The maximum atomic E-state index is 11.9. The average molecular weight is 261 g/mol. The number of piperidine rings is 1. The van der Waals surface area contributed by atoms with Crippen molar-refractivity contribution in [3.63, 3.8) is 0 Å². The summed E-state index contributed by atoms with van der Waals surface area (Å²) in [5.74, 6) is -0.0304. The van der Waals surface area contributed by atoms with Crippen LogP contribution in [0, 0.1) is 6.92 Å². The molecule has 1 fully saturated rings. The quantitative estimate of drug-likeness (QED) is 0.901. The van der Waals surface area contributed by atoms with Gasteiger partial charge in [0.05, 0.1) is 5.56 Å². The first-order valence-corrected chi connectivity index (χ1v) is 7.12. The van der Waals surface area contributed by atoms with Gasteiger partial charge in [-0.1, -0.05) is 6.42 Å². The van der Waals surface area contributed by atoms with Crippen LogP contribution in [0.4, 0.5) is 0 Å². The number of pyridine rings is 1. The highest BCUT2D eigenvalue weighted by Gasteiger charge is 2.17. The number of aryl methyl sites for hydroxylation is 1. The van der Waals surface area contributed by atoms with Crippen LogP contribution in [-0.2, 0) is 0 Å². The smallest absolute Gasteiger partial charge is 0.252 e. The minimum absolute atomic E-state index is 0.0304. The molecule has 4 heteroatoms. The van der Waals surface area contributed by atoms with Crippen molar-refractivity contribution < 1.29 is 4.79 Å². The number of amides is 1. The van der Waals surface area contributed by atoms with Crippen LogP contribution < -0.4 is 5.32 Å². The number of hydrogen-bond acceptors (Lipinski definition) is 3. The summed E-state index contributed by atoms with van der Waals surface area (Å²) in [5, 5.41) is 2.97. The molecule has 1 aliphatic rings. The van der Waals surface area contributed by atoms with Crippen molar-refractivity contribution in [3.8, 4) is 0 Å². The standard InChI is InChI=1S/C15H23N3O/c1-12-6-7-14(11-17-12)15(19)16-8-10-18-9-4-3-5-13(18)2/h6-7,11,13H,3-5,8-10H2,1-2H3,(H,16,19)/t13-/m1/s1. The second-order valence-corrected chi connectivity index (χ2v) is 5.32. The van der Waals surface area contributed by atoms with Crippen molar-refractivity contribution in [1.29, 1.82) is 0 Å². The van der Waals surface area contributed by atoms with Gasteiger partial charge in [-0.3, -0.25) is 14.7 Å². The molecule has 0 radical (unpaired) electrons. The van der Waals surface area contributed by atoms with Crippen molar-refractivity contribution in [2.24, 2.45) is 0 Å². The van der Waals surface area contributed by atoms with E-state index in [2.05, 4.69) is 22.1 Å². The molecule has 0 aromatic carbocycles. The van der Waals surface area contributed by atoms with Crippen LogP contribution in [0.25, 0.3) is 0 Å². The van der Waals surface area contributed by atoms with Gasteiger partial charge < -0.3 is 5.32 Å². The van der Waals surface area contributed by atoms with Gasteiger partial charge in [0.1, 0.15) is 0 Å². The number of carbonyl (C=O) groups is 1. The first-order valence-electron chi connectivity index (χ1n) is 7.12. The van der Waals surface area contributed by atoms with Crippen molar-refractivity contribution in [3.05, 3.63) is 29.6 Å². The number of carbonyl (C=O) groups excluding carboxylic acids is 1. The Morgan fingerprint density at radius 2 is 2.32 bits per heavy atom. The molecule has 19 heavy (non-hydrogen) atoms. The summed E-state index contributed by atoms with van der Waals surface area (Å²) < 4.78 is 0. The molecular weight excluding hydrogens is 238 g/mol. The van der Waals surface area contributed by atoms with E-state index >= 15 is 0 Å². The van der Waals surface area contributed by atoms with Crippen LogP contribution in [-0.4, -0.2) is 41.5 Å². The van der Waals surface area contributed by atoms with Gasteiger partial charge in [0.2, 0.25) is 0 Å². The zero-order valence-electron chi connectivity index (χ0n) is 11.9. The van der Waals surface area contributed by atoms with E-state index in [0.717, 1.165) is 18.8 Å². The Hall–Kier alpha value is -1.42. The number of aromatic nitrogens is 1. The van der Waals surface area contributed by atoms with E-state index in [1.54, 1.807) is 6.20 Å². The second-order valence-electron chi connectivity index (χ2n) is 5.32. The van der Waals surface area contributed by atoms with Crippen LogP contribution in [0.5, 0.6) is 0 Å². The first kappa shape index (κ1) is 14.0. The third-order valence-corrected chi connectivity index (χ3v) is 3.80.